The minimum Gasteiger partial charge on any atom is -0.402 e. The molecule has 0 amide bonds. The van der Waals surface area contributed by atoms with Crippen molar-refractivity contribution in [2.24, 2.45) is 4.99 Å². The van der Waals surface area contributed by atoms with Gasteiger partial charge < -0.3 is 9.26 Å². The summed E-state index contributed by atoms with van der Waals surface area (Å²) in [6, 6.07) is 19.5. The summed E-state index contributed by atoms with van der Waals surface area (Å²) in [4.78, 5) is 16.7. The molecule has 0 saturated carbocycles. The van der Waals surface area contributed by atoms with E-state index in [1.807, 2.05) is 73.7 Å². The highest BCUT2D eigenvalue weighted by molar-refractivity contribution is 6.13. The fourth-order valence-electron chi connectivity index (χ4n) is 3.00. The van der Waals surface area contributed by atoms with Crippen LogP contribution in [0.2, 0.25) is 0 Å². The Morgan fingerprint density at radius 3 is 2.39 bits per heavy atom. The zero-order chi connectivity index (χ0) is 19.5. The lowest BCUT2D eigenvalue weighted by Crippen LogP contribution is -2.07. The number of aryl methyl sites for hydroxylation is 1. The average molecular weight is 370 g/mol. The van der Waals surface area contributed by atoms with Gasteiger partial charge in [-0.25, -0.2) is 9.79 Å². The number of hydrogen-bond acceptors (Lipinski definition) is 5. The van der Waals surface area contributed by atoms with Gasteiger partial charge in [0, 0.05) is 5.56 Å². The molecule has 0 N–H and O–H groups in total. The second-order valence-corrected chi connectivity index (χ2v) is 6.46. The van der Waals surface area contributed by atoms with Crippen molar-refractivity contribution in [2.45, 2.75) is 13.8 Å². The molecule has 4 rings (SSSR count). The van der Waals surface area contributed by atoms with Crippen molar-refractivity contribution in [3.63, 3.8) is 0 Å². The SMILES string of the molecule is CC(=Cc1ccccc1)C=C1N=C(c2c(-c3ccccc3)noc2C)OC1=O. The van der Waals surface area contributed by atoms with Crippen LogP contribution in [0.15, 0.2) is 87.5 Å². The van der Waals surface area contributed by atoms with E-state index in [-0.39, 0.29) is 11.6 Å². The third-order valence-corrected chi connectivity index (χ3v) is 4.30. The molecule has 0 aliphatic carbocycles. The van der Waals surface area contributed by atoms with Crippen molar-refractivity contribution >= 4 is 17.9 Å². The smallest absolute Gasteiger partial charge is 0.363 e. The van der Waals surface area contributed by atoms with Gasteiger partial charge in [0.1, 0.15) is 17.0 Å². The summed E-state index contributed by atoms with van der Waals surface area (Å²) in [5.41, 5.74) is 4.25. The monoisotopic (exact) mass is 370 g/mol. The Hall–Kier alpha value is -3.73. The van der Waals surface area contributed by atoms with E-state index in [4.69, 9.17) is 9.26 Å². The molecule has 5 nitrogen and oxygen atoms in total. The van der Waals surface area contributed by atoms with Crippen LogP contribution in [0, 0.1) is 6.92 Å². The summed E-state index contributed by atoms with van der Waals surface area (Å²) < 4.78 is 10.8. The maximum Gasteiger partial charge on any atom is 0.363 e. The van der Waals surface area contributed by atoms with Gasteiger partial charge in [-0.15, -0.1) is 0 Å². The summed E-state index contributed by atoms with van der Waals surface area (Å²) >= 11 is 0. The molecule has 0 bridgehead atoms. The Kier molecular flexibility index (Phi) is 4.72. The number of carbonyl (C=O) groups is 1. The number of nitrogens with zero attached hydrogens (tertiary/aromatic N) is 2. The lowest BCUT2D eigenvalue weighted by molar-refractivity contribution is -0.130. The third kappa shape index (κ3) is 3.55. The lowest BCUT2D eigenvalue weighted by atomic mass is 10.1. The zero-order valence-electron chi connectivity index (χ0n) is 15.5. The second-order valence-electron chi connectivity index (χ2n) is 6.46. The van der Waals surface area contributed by atoms with Gasteiger partial charge in [-0.05, 0) is 31.1 Å². The van der Waals surface area contributed by atoms with Crippen LogP contribution >= 0.6 is 0 Å². The summed E-state index contributed by atoms with van der Waals surface area (Å²) in [6.07, 6.45) is 3.70. The molecule has 0 fully saturated rings. The van der Waals surface area contributed by atoms with Gasteiger partial charge in [-0.2, -0.15) is 0 Å². The van der Waals surface area contributed by atoms with Crippen molar-refractivity contribution in [2.75, 3.05) is 0 Å². The van der Waals surface area contributed by atoms with Crippen LogP contribution in [0.3, 0.4) is 0 Å². The molecule has 3 aromatic rings. The highest BCUT2D eigenvalue weighted by Gasteiger charge is 2.30. The Morgan fingerprint density at radius 1 is 1.00 bits per heavy atom. The number of aliphatic imine (C=N–C) groups is 1. The summed E-state index contributed by atoms with van der Waals surface area (Å²) in [5.74, 6) is 0.264. The maximum atomic E-state index is 12.3. The molecule has 138 valence electrons. The van der Waals surface area contributed by atoms with Gasteiger partial charge in [0.2, 0.25) is 5.90 Å². The third-order valence-electron chi connectivity index (χ3n) is 4.30. The quantitative estimate of drug-likeness (QED) is 0.482. The van der Waals surface area contributed by atoms with Crippen LogP contribution in [0.1, 0.15) is 23.8 Å². The normalized spacial score (nSPS) is 15.6. The number of allylic oxidation sites excluding steroid dienone is 2. The fourth-order valence-corrected chi connectivity index (χ4v) is 3.00. The van der Waals surface area contributed by atoms with Crippen LogP contribution < -0.4 is 0 Å². The van der Waals surface area contributed by atoms with E-state index in [0.29, 0.717) is 17.0 Å². The number of esters is 1. The number of rotatable bonds is 4. The molecule has 2 aromatic carbocycles. The van der Waals surface area contributed by atoms with Crippen molar-refractivity contribution in [1.82, 2.24) is 5.16 Å². The largest absolute Gasteiger partial charge is 0.402 e. The van der Waals surface area contributed by atoms with Crippen LogP contribution in [0.5, 0.6) is 0 Å². The highest BCUT2D eigenvalue weighted by Crippen LogP contribution is 2.29. The first kappa shape index (κ1) is 17.7. The predicted molar refractivity (Wildman–Crippen MR) is 107 cm³/mol. The van der Waals surface area contributed by atoms with E-state index < -0.39 is 5.97 Å². The Bertz CT molecular complexity index is 1110. The zero-order valence-corrected chi connectivity index (χ0v) is 15.5. The number of benzene rings is 2. The minimum atomic E-state index is -0.490. The first-order valence-electron chi connectivity index (χ1n) is 8.90. The Morgan fingerprint density at radius 2 is 1.68 bits per heavy atom. The topological polar surface area (TPSA) is 64.7 Å². The van der Waals surface area contributed by atoms with Crippen molar-refractivity contribution < 1.29 is 14.1 Å². The predicted octanol–water partition coefficient (Wildman–Crippen LogP) is 4.94. The van der Waals surface area contributed by atoms with Gasteiger partial charge in [0.05, 0.1) is 0 Å². The Balaban J connectivity index is 1.69. The molecular formula is C23H18N2O3. The molecule has 0 radical (unpaired) electrons. The molecule has 28 heavy (non-hydrogen) atoms. The standard InChI is InChI=1S/C23H18N2O3/c1-15(13-17-9-5-3-6-10-17)14-19-23(26)27-22(24-19)20-16(2)28-25-21(20)18-11-7-4-8-12-18/h3-14H,1-2H3. The summed E-state index contributed by atoms with van der Waals surface area (Å²) in [6.45, 7) is 3.69. The van der Waals surface area contributed by atoms with Gasteiger partial charge in [-0.3, -0.25) is 0 Å². The van der Waals surface area contributed by atoms with Crippen LogP contribution in [-0.2, 0) is 9.53 Å². The van der Waals surface area contributed by atoms with Crippen molar-refractivity contribution in [3.05, 3.63) is 94.9 Å². The molecule has 5 heteroatoms. The Labute approximate surface area is 162 Å². The molecular weight excluding hydrogens is 352 g/mol. The van der Waals surface area contributed by atoms with Gasteiger partial charge in [0.15, 0.2) is 5.70 Å². The molecule has 1 aliphatic heterocycles. The van der Waals surface area contributed by atoms with E-state index in [9.17, 15) is 4.79 Å². The number of hydrogen-bond donors (Lipinski definition) is 0. The lowest BCUT2D eigenvalue weighted by Gasteiger charge is -2.01. The van der Waals surface area contributed by atoms with E-state index in [2.05, 4.69) is 10.1 Å². The number of carbonyl (C=O) groups excluding carboxylic acids is 1. The minimum absolute atomic E-state index is 0.210. The number of cyclic esters (lactones) is 1. The highest BCUT2D eigenvalue weighted by atomic mass is 16.6. The number of ether oxygens (including phenoxy) is 1. The fraction of sp³-hybridized carbons (Fsp3) is 0.0870. The van der Waals surface area contributed by atoms with Gasteiger partial charge in [-0.1, -0.05) is 71.9 Å². The van der Waals surface area contributed by atoms with Crippen LogP contribution in [-0.4, -0.2) is 17.0 Å². The van der Waals surface area contributed by atoms with E-state index >= 15 is 0 Å². The molecule has 0 atom stereocenters. The van der Waals surface area contributed by atoms with Crippen LogP contribution in [0.25, 0.3) is 17.3 Å². The van der Waals surface area contributed by atoms with Gasteiger partial charge in [0.25, 0.3) is 0 Å². The van der Waals surface area contributed by atoms with E-state index in [0.717, 1.165) is 16.7 Å². The van der Waals surface area contributed by atoms with Crippen molar-refractivity contribution in [1.29, 1.82) is 0 Å². The molecule has 2 heterocycles. The first-order valence-corrected chi connectivity index (χ1v) is 8.90. The maximum absolute atomic E-state index is 12.3. The van der Waals surface area contributed by atoms with Crippen LogP contribution in [0.4, 0.5) is 0 Å². The first-order chi connectivity index (χ1) is 13.6. The van der Waals surface area contributed by atoms with Gasteiger partial charge >= 0.3 is 5.97 Å². The molecule has 1 aliphatic rings. The summed E-state index contributed by atoms with van der Waals surface area (Å²) in [5, 5.41) is 4.12. The van der Waals surface area contributed by atoms with E-state index in [1.54, 1.807) is 13.0 Å². The molecule has 0 saturated heterocycles. The second kappa shape index (κ2) is 7.48. The molecule has 0 spiro atoms. The average Bonchev–Trinajstić information content (AvgIpc) is 3.25. The molecule has 1 aromatic heterocycles. The summed E-state index contributed by atoms with van der Waals surface area (Å²) in [7, 11) is 0. The van der Waals surface area contributed by atoms with Crippen molar-refractivity contribution in [3.8, 4) is 11.3 Å². The molecule has 0 unspecified atom stereocenters. The number of aromatic nitrogens is 1. The van der Waals surface area contributed by atoms with E-state index in [1.165, 1.54) is 0 Å².